The smallest absolute Gasteiger partial charge is 0.242 e. The Morgan fingerprint density at radius 1 is 1.47 bits per heavy atom. The Morgan fingerprint density at radius 2 is 2.16 bits per heavy atom. The van der Waals surface area contributed by atoms with E-state index in [-0.39, 0.29) is 10.4 Å². The maximum Gasteiger partial charge on any atom is 0.242 e. The number of hydrogen-bond donors (Lipinski definition) is 3. The Labute approximate surface area is 114 Å². The first kappa shape index (κ1) is 14.5. The van der Waals surface area contributed by atoms with E-state index in [2.05, 4.69) is 14.6 Å². The van der Waals surface area contributed by atoms with Crippen LogP contribution in [0.25, 0.3) is 0 Å². The molecule has 0 amide bonds. The molecule has 0 bridgehead atoms. The summed E-state index contributed by atoms with van der Waals surface area (Å²) in [5.41, 5.74) is 6.15. The first-order valence-corrected chi connectivity index (χ1v) is 7.92. The van der Waals surface area contributed by atoms with Crippen LogP contribution in [0.1, 0.15) is 25.0 Å². The molecular weight excluding hydrogens is 264 g/mol. The molecule has 1 aliphatic carbocycles. The maximum atomic E-state index is 12.2. The van der Waals surface area contributed by atoms with E-state index < -0.39 is 10.0 Å². The van der Waals surface area contributed by atoms with Gasteiger partial charge in [0, 0.05) is 30.5 Å². The number of nitrogens with two attached hydrogens (primary N) is 1. The summed E-state index contributed by atoms with van der Waals surface area (Å²) in [5.74, 6) is 0. The van der Waals surface area contributed by atoms with Crippen LogP contribution in [-0.4, -0.2) is 44.5 Å². The van der Waals surface area contributed by atoms with Gasteiger partial charge in [0.15, 0.2) is 0 Å². The molecule has 1 aromatic heterocycles. The van der Waals surface area contributed by atoms with Gasteiger partial charge in [0.2, 0.25) is 10.0 Å². The van der Waals surface area contributed by atoms with E-state index in [1.54, 1.807) is 6.07 Å². The fourth-order valence-corrected chi connectivity index (χ4v) is 3.51. The number of rotatable bonds is 6. The standard InChI is InChI=1S/C12H22N4O2S/c1-16(2)12(4-3-5-12)9-15-19(17,18)11-6-10(7-13)14-8-11/h6,8,14-15H,3-5,7,9,13H2,1-2H3. The van der Waals surface area contributed by atoms with Gasteiger partial charge in [-0.15, -0.1) is 0 Å². The van der Waals surface area contributed by atoms with Crippen LogP contribution in [0.2, 0.25) is 0 Å². The molecule has 1 aliphatic rings. The third kappa shape index (κ3) is 2.84. The zero-order valence-corrected chi connectivity index (χ0v) is 12.3. The fourth-order valence-electron chi connectivity index (χ4n) is 2.37. The first-order chi connectivity index (χ1) is 8.89. The van der Waals surface area contributed by atoms with Crippen molar-refractivity contribution >= 4 is 10.0 Å². The van der Waals surface area contributed by atoms with E-state index in [4.69, 9.17) is 5.73 Å². The van der Waals surface area contributed by atoms with Crippen LogP contribution in [-0.2, 0) is 16.6 Å². The van der Waals surface area contributed by atoms with Crippen LogP contribution >= 0.6 is 0 Å². The average molecular weight is 286 g/mol. The minimum atomic E-state index is -3.46. The van der Waals surface area contributed by atoms with E-state index >= 15 is 0 Å². The molecule has 7 heteroatoms. The van der Waals surface area contributed by atoms with Gasteiger partial charge < -0.3 is 15.6 Å². The van der Waals surface area contributed by atoms with E-state index in [1.807, 2.05) is 14.1 Å². The Hall–Kier alpha value is -0.890. The van der Waals surface area contributed by atoms with E-state index in [0.29, 0.717) is 18.8 Å². The highest BCUT2D eigenvalue weighted by Crippen LogP contribution is 2.35. The summed E-state index contributed by atoms with van der Waals surface area (Å²) < 4.78 is 27.1. The van der Waals surface area contributed by atoms with E-state index in [1.165, 1.54) is 6.20 Å². The van der Waals surface area contributed by atoms with Crippen LogP contribution in [0, 0.1) is 0 Å². The van der Waals surface area contributed by atoms with Gasteiger partial charge in [0.25, 0.3) is 0 Å². The Kier molecular flexibility index (Phi) is 4.00. The van der Waals surface area contributed by atoms with Gasteiger partial charge in [-0.3, -0.25) is 0 Å². The molecular formula is C12H22N4O2S. The number of likely N-dealkylation sites (N-methyl/N-ethyl adjacent to an activating group) is 1. The number of sulfonamides is 1. The molecule has 1 saturated carbocycles. The van der Waals surface area contributed by atoms with Gasteiger partial charge >= 0.3 is 0 Å². The summed E-state index contributed by atoms with van der Waals surface area (Å²) in [7, 11) is 0.537. The summed E-state index contributed by atoms with van der Waals surface area (Å²) in [6.07, 6.45) is 4.70. The van der Waals surface area contributed by atoms with Crippen LogP contribution in [0.5, 0.6) is 0 Å². The lowest BCUT2D eigenvalue weighted by molar-refractivity contribution is 0.0657. The summed E-state index contributed by atoms with van der Waals surface area (Å²) in [6.45, 7) is 0.753. The predicted molar refractivity (Wildman–Crippen MR) is 74.1 cm³/mol. The fraction of sp³-hybridized carbons (Fsp3) is 0.667. The highest BCUT2D eigenvalue weighted by molar-refractivity contribution is 7.89. The van der Waals surface area contributed by atoms with Gasteiger partial charge in [0.1, 0.15) is 0 Å². The molecule has 0 spiro atoms. The highest BCUT2D eigenvalue weighted by atomic mass is 32.2. The monoisotopic (exact) mass is 286 g/mol. The summed E-state index contributed by atoms with van der Waals surface area (Å²) in [6, 6.07) is 1.57. The lowest BCUT2D eigenvalue weighted by Crippen LogP contribution is -2.57. The zero-order valence-electron chi connectivity index (χ0n) is 11.4. The van der Waals surface area contributed by atoms with Crippen LogP contribution in [0.3, 0.4) is 0 Å². The largest absolute Gasteiger partial charge is 0.363 e. The lowest BCUT2D eigenvalue weighted by atomic mass is 9.76. The summed E-state index contributed by atoms with van der Waals surface area (Å²) in [4.78, 5) is 5.22. The minimum absolute atomic E-state index is 0.0277. The second-order valence-corrected chi connectivity index (χ2v) is 7.13. The second kappa shape index (κ2) is 5.24. The molecule has 1 fully saturated rings. The van der Waals surface area contributed by atoms with Crippen LogP contribution < -0.4 is 10.5 Å². The molecule has 19 heavy (non-hydrogen) atoms. The molecule has 2 rings (SSSR count). The number of nitrogens with zero attached hydrogens (tertiary/aromatic N) is 1. The molecule has 1 heterocycles. The molecule has 0 atom stereocenters. The number of H-pyrrole nitrogens is 1. The average Bonchev–Trinajstić information content (AvgIpc) is 2.76. The maximum absolute atomic E-state index is 12.2. The molecule has 0 aromatic carbocycles. The zero-order chi connectivity index (χ0) is 14.1. The number of aromatic amines is 1. The van der Waals surface area contributed by atoms with Crippen molar-refractivity contribution in [1.29, 1.82) is 0 Å². The van der Waals surface area contributed by atoms with Crippen LogP contribution in [0.4, 0.5) is 0 Å². The van der Waals surface area contributed by atoms with Crippen molar-refractivity contribution in [1.82, 2.24) is 14.6 Å². The Balaban J connectivity index is 2.05. The molecule has 0 unspecified atom stereocenters. The topological polar surface area (TPSA) is 91.2 Å². The minimum Gasteiger partial charge on any atom is -0.363 e. The Bertz CT molecular complexity index is 532. The molecule has 0 saturated heterocycles. The van der Waals surface area contributed by atoms with Crippen molar-refractivity contribution in [2.75, 3.05) is 20.6 Å². The summed E-state index contributed by atoms with van der Waals surface area (Å²) >= 11 is 0. The highest BCUT2D eigenvalue weighted by Gasteiger charge is 2.39. The van der Waals surface area contributed by atoms with Crippen molar-refractivity contribution in [3.05, 3.63) is 18.0 Å². The van der Waals surface area contributed by atoms with Crippen molar-refractivity contribution in [2.45, 2.75) is 36.2 Å². The first-order valence-electron chi connectivity index (χ1n) is 6.44. The van der Waals surface area contributed by atoms with Crippen molar-refractivity contribution in [2.24, 2.45) is 5.73 Å². The SMILES string of the molecule is CN(C)C1(CNS(=O)(=O)c2c[nH]c(CN)c2)CCC1. The van der Waals surface area contributed by atoms with Crippen molar-refractivity contribution < 1.29 is 8.42 Å². The van der Waals surface area contributed by atoms with Gasteiger partial charge in [-0.1, -0.05) is 0 Å². The van der Waals surface area contributed by atoms with Crippen LogP contribution in [0.15, 0.2) is 17.2 Å². The van der Waals surface area contributed by atoms with Crippen molar-refractivity contribution in [3.8, 4) is 0 Å². The second-order valence-electron chi connectivity index (χ2n) is 5.36. The van der Waals surface area contributed by atoms with Gasteiger partial charge in [0.05, 0.1) is 4.90 Å². The summed E-state index contributed by atoms with van der Waals surface area (Å²) in [5, 5.41) is 0. The predicted octanol–water partition coefficient (Wildman–Crippen LogP) is 0.236. The number of hydrogen-bond acceptors (Lipinski definition) is 4. The quantitative estimate of drug-likeness (QED) is 0.698. The third-order valence-corrected chi connectivity index (χ3v) is 5.45. The third-order valence-electron chi connectivity index (χ3n) is 4.07. The van der Waals surface area contributed by atoms with Crippen molar-refractivity contribution in [3.63, 3.8) is 0 Å². The van der Waals surface area contributed by atoms with Gasteiger partial charge in [-0.2, -0.15) is 0 Å². The van der Waals surface area contributed by atoms with E-state index in [0.717, 1.165) is 19.3 Å². The molecule has 4 N–H and O–H groups in total. The number of nitrogens with one attached hydrogen (secondary N) is 2. The molecule has 0 aliphatic heterocycles. The normalized spacial score (nSPS) is 18.5. The Morgan fingerprint density at radius 3 is 2.58 bits per heavy atom. The molecule has 108 valence electrons. The molecule has 0 radical (unpaired) electrons. The molecule has 6 nitrogen and oxygen atoms in total. The molecule has 1 aromatic rings. The lowest BCUT2D eigenvalue weighted by Gasteiger charge is -2.47. The van der Waals surface area contributed by atoms with Gasteiger partial charge in [-0.05, 0) is 39.4 Å². The number of aromatic nitrogens is 1. The van der Waals surface area contributed by atoms with Gasteiger partial charge in [-0.25, -0.2) is 13.1 Å². The van der Waals surface area contributed by atoms with E-state index in [9.17, 15) is 8.42 Å².